The summed E-state index contributed by atoms with van der Waals surface area (Å²) >= 11 is 0. The molecular formula is C14H14F3N3O2S. The highest BCUT2D eigenvalue weighted by atomic mass is 32.2. The quantitative estimate of drug-likeness (QED) is 0.818. The molecule has 0 bridgehead atoms. The first-order valence-electron chi connectivity index (χ1n) is 6.62. The molecule has 0 spiro atoms. The minimum absolute atomic E-state index is 0.0362. The average molecular weight is 345 g/mol. The van der Waals surface area contributed by atoms with Gasteiger partial charge in [0.05, 0.1) is 10.5 Å². The molecule has 1 aromatic carbocycles. The van der Waals surface area contributed by atoms with Crippen LogP contribution in [0.3, 0.4) is 0 Å². The number of nitrogens with one attached hydrogen (secondary N) is 2. The molecule has 124 valence electrons. The van der Waals surface area contributed by atoms with Crippen LogP contribution in [0.25, 0.3) is 0 Å². The predicted molar refractivity (Wildman–Crippen MR) is 79.0 cm³/mol. The summed E-state index contributed by atoms with van der Waals surface area (Å²) < 4.78 is 61.3. The number of aromatic nitrogens is 1. The number of nitrogens with zero attached hydrogens (tertiary/aromatic N) is 1. The minimum atomic E-state index is -4.49. The van der Waals surface area contributed by atoms with Crippen molar-refractivity contribution in [3.8, 4) is 0 Å². The highest BCUT2D eigenvalue weighted by Gasteiger charge is 2.30. The monoisotopic (exact) mass is 345 g/mol. The second-order valence-electron chi connectivity index (χ2n) is 4.66. The largest absolute Gasteiger partial charge is 0.417 e. The molecule has 2 aromatic rings. The standard InChI is InChI=1S/C14H14F3N3O2S/c1-2-10-3-6-12(7-4-10)23(21,22)20-19-13-8-5-11(9-18-13)14(15,16)17/h3-9,20H,2H2,1H3,(H,18,19). The Kier molecular flexibility index (Phi) is 4.90. The number of anilines is 1. The summed E-state index contributed by atoms with van der Waals surface area (Å²) in [6, 6.07) is 8.10. The van der Waals surface area contributed by atoms with Crippen LogP contribution >= 0.6 is 0 Å². The summed E-state index contributed by atoms with van der Waals surface area (Å²) in [5, 5.41) is 0. The molecule has 0 aliphatic rings. The van der Waals surface area contributed by atoms with Gasteiger partial charge < -0.3 is 0 Å². The van der Waals surface area contributed by atoms with Crippen LogP contribution in [0.4, 0.5) is 19.0 Å². The van der Waals surface area contributed by atoms with E-state index in [0.29, 0.717) is 6.20 Å². The summed E-state index contributed by atoms with van der Waals surface area (Å²) in [5.41, 5.74) is 2.35. The number of hydrazine groups is 1. The van der Waals surface area contributed by atoms with E-state index in [-0.39, 0.29) is 10.7 Å². The number of alkyl halides is 3. The average Bonchev–Trinajstić information content (AvgIpc) is 2.53. The molecule has 2 rings (SSSR count). The van der Waals surface area contributed by atoms with Crippen molar-refractivity contribution in [1.82, 2.24) is 9.82 Å². The van der Waals surface area contributed by atoms with Gasteiger partial charge in [-0.05, 0) is 36.2 Å². The van der Waals surface area contributed by atoms with E-state index < -0.39 is 21.8 Å². The van der Waals surface area contributed by atoms with E-state index in [1.165, 1.54) is 12.1 Å². The third-order valence-electron chi connectivity index (χ3n) is 3.05. The highest BCUT2D eigenvalue weighted by molar-refractivity contribution is 7.89. The predicted octanol–water partition coefficient (Wildman–Crippen LogP) is 2.97. The van der Waals surface area contributed by atoms with Gasteiger partial charge in [-0.15, -0.1) is 4.83 Å². The van der Waals surface area contributed by atoms with Crippen molar-refractivity contribution in [2.45, 2.75) is 24.4 Å². The van der Waals surface area contributed by atoms with Gasteiger partial charge in [0.2, 0.25) is 0 Å². The Morgan fingerprint density at radius 2 is 1.74 bits per heavy atom. The summed E-state index contributed by atoms with van der Waals surface area (Å²) in [6.07, 6.45) is -3.10. The van der Waals surface area contributed by atoms with Crippen LogP contribution in [0, 0.1) is 0 Å². The lowest BCUT2D eigenvalue weighted by atomic mass is 10.2. The van der Waals surface area contributed by atoms with Crippen LogP contribution in [0.5, 0.6) is 0 Å². The molecule has 0 saturated carbocycles. The van der Waals surface area contributed by atoms with Crippen LogP contribution in [-0.4, -0.2) is 13.4 Å². The number of aryl methyl sites for hydroxylation is 1. The van der Waals surface area contributed by atoms with Gasteiger partial charge in [-0.3, -0.25) is 5.43 Å². The Bertz CT molecular complexity index is 757. The third-order valence-corrected chi connectivity index (χ3v) is 4.31. The Morgan fingerprint density at radius 1 is 1.09 bits per heavy atom. The van der Waals surface area contributed by atoms with E-state index in [9.17, 15) is 21.6 Å². The second-order valence-corrected chi connectivity index (χ2v) is 6.34. The number of halogens is 3. The van der Waals surface area contributed by atoms with E-state index in [4.69, 9.17) is 0 Å². The van der Waals surface area contributed by atoms with Crippen molar-refractivity contribution < 1.29 is 21.6 Å². The Labute approximate surface area is 131 Å². The molecule has 0 aliphatic heterocycles. The number of hydrogen-bond acceptors (Lipinski definition) is 4. The van der Waals surface area contributed by atoms with Gasteiger partial charge in [0.1, 0.15) is 5.82 Å². The smallest absolute Gasteiger partial charge is 0.292 e. The number of pyridine rings is 1. The molecule has 1 aromatic heterocycles. The molecule has 2 N–H and O–H groups in total. The van der Waals surface area contributed by atoms with Gasteiger partial charge in [0.25, 0.3) is 10.0 Å². The number of benzene rings is 1. The maximum Gasteiger partial charge on any atom is 0.417 e. The maximum atomic E-state index is 12.4. The van der Waals surface area contributed by atoms with Gasteiger partial charge in [-0.1, -0.05) is 19.1 Å². The molecular weight excluding hydrogens is 331 g/mol. The Morgan fingerprint density at radius 3 is 2.22 bits per heavy atom. The van der Waals surface area contributed by atoms with Crippen molar-refractivity contribution in [2.24, 2.45) is 0 Å². The van der Waals surface area contributed by atoms with Gasteiger partial charge in [-0.25, -0.2) is 13.4 Å². The normalized spacial score (nSPS) is 12.2. The lowest BCUT2D eigenvalue weighted by Gasteiger charge is -2.10. The van der Waals surface area contributed by atoms with Crippen LogP contribution in [-0.2, 0) is 22.6 Å². The molecule has 0 atom stereocenters. The molecule has 1 heterocycles. The molecule has 5 nitrogen and oxygen atoms in total. The van der Waals surface area contributed by atoms with E-state index in [2.05, 4.69) is 15.2 Å². The first-order valence-corrected chi connectivity index (χ1v) is 8.10. The molecule has 0 fully saturated rings. The first-order chi connectivity index (χ1) is 10.7. The minimum Gasteiger partial charge on any atom is -0.292 e. The van der Waals surface area contributed by atoms with Gasteiger partial charge in [0, 0.05) is 6.20 Å². The van der Waals surface area contributed by atoms with Crippen LogP contribution in [0.15, 0.2) is 47.5 Å². The third kappa shape index (κ3) is 4.42. The fourth-order valence-corrected chi connectivity index (χ4v) is 2.57. The van der Waals surface area contributed by atoms with Crippen LogP contribution in [0.1, 0.15) is 18.1 Å². The SMILES string of the molecule is CCc1ccc(S(=O)(=O)NNc2ccc(C(F)(F)F)cn2)cc1. The van der Waals surface area contributed by atoms with Crippen molar-refractivity contribution >= 4 is 15.8 Å². The summed E-state index contributed by atoms with van der Waals surface area (Å²) in [4.78, 5) is 5.61. The zero-order valence-electron chi connectivity index (χ0n) is 12.1. The molecule has 0 saturated heterocycles. The van der Waals surface area contributed by atoms with Crippen molar-refractivity contribution in [3.63, 3.8) is 0 Å². The number of rotatable bonds is 5. The fourth-order valence-electron chi connectivity index (χ4n) is 1.72. The zero-order valence-corrected chi connectivity index (χ0v) is 12.9. The van der Waals surface area contributed by atoms with E-state index in [1.807, 2.05) is 6.92 Å². The summed E-state index contributed by atoms with van der Waals surface area (Å²) in [6.45, 7) is 1.94. The van der Waals surface area contributed by atoms with Gasteiger partial charge in [-0.2, -0.15) is 13.2 Å². The van der Waals surface area contributed by atoms with E-state index in [1.54, 1.807) is 12.1 Å². The number of sulfonamides is 1. The molecule has 0 radical (unpaired) electrons. The second kappa shape index (κ2) is 6.55. The highest BCUT2D eigenvalue weighted by Crippen LogP contribution is 2.28. The summed E-state index contributed by atoms with van der Waals surface area (Å²) in [7, 11) is -3.85. The molecule has 0 aliphatic carbocycles. The lowest BCUT2D eigenvalue weighted by Crippen LogP contribution is -2.30. The maximum absolute atomic E-state index is 12.4. The van der Waals surface area contributed by atoms with Crippen molar-refractivity contribution in [3.05, 3.63) is 53.7 Å². The first kappa shape index (κ1) is 17.2. The zero-order chi connectivity index (χ0) is 17.1. The molecule has 23 heavy (non-hydrogen) atoms. The van der Waals surface area contributed by atoms with Gasteiger partial charge >= 0.3 is 6.18 Å². The fraction of sp³-hybridized carbons (Fsp3) is 0.214. The Balaban J connectivity index is 2.06. The molecule has 9 heteroatoms. The topological polar surface area (TPSA) is 71.1 Å². The lowest BCUT2D eigenvalue weighted by molar-refractivity contribution is -0.137. The molecule has 0 amide bonds. The molecule has 0 unspecified atom stereocenters. The van der Waals surface area contributed by atoms with Crippen LogP contribution in [0.2, 0.25) is 0 Å². The van der Waals surface area contributed by atoms with E-state index in [0.717, 1.165) is 24.1 Å². The van der Waals surface area contributed by atoms with Crippen LogP contribution < -0.4 is 10.3 Å². The number of hydrogen-bond donors (Lipinski definition) is 2. The van der Waals surface area contributed by atoms with Crippen molar-refractivity contribution in [2.75, 3.05) is 5.43 Å². The summed E-state index contributed by atoms with van der Waals surface area (Å²) in [5.74, 6) is -0.0493. The Hall–Kier alpha value is -2.13. The van der Waals surface area contributed by atoms with Gasteiger partial charge in [0.15, 0.2) is 0 Å². The van der Waals surface area contributed by atoms with E-state index >= 15 is 0 Å². The van der Waals surface area contributed by atoms with Crippen molar-refractivity contribution in [1.29, 1.82) is 0 Å².